The molecule has 1 spiro atoms. The molecular formula is C17H18F2N4O2. The molecule has 2 heterocycles. The summed E-state index contributed by atoms with van der Waals surface area (Å²) in [6.07, 6.45) is 3.92. The second-order valence-electron chi connectivity index (χ2n) is 7.36. The smallest absolute Gasteiger partial charge is 0.333 e. The van der Waals surface area contributed by atoms with Gasteiger partial charge in [0.2, 0.25) is 0 Å². The summed E-state index contributed by atoms with van der Waals surface area (Å²) < 4.78 is 25.7. The van der Waals surface area contributed by atoms with E-state index < -0.39 is 23.3 Å². The number of hydrogen-bond donors (Lipinski definition) is 0. The Morgan fingerprint density at radius 1 is 1.44 bits per heavy atom. The Balaban J connectivity index is 1.83. The van der Waals surface area contributed by atoms with Gasteiger partial charge in [-0.2, -0.15) is 19.1 Å². The molecule has 0 N–H and O–H groups in total. The number of likely N-dealkylation sites (tertiary alicyclic amines) is 1. The summed E-state index contributed by atoms with van der Waals surface area (Å²) in [5.74, 6) is -0.598. The highest BCUT2D eigenvalue weighted by Crippen LogP contribution is 2.48. The number of amides is 1. The number of carbonyl (C=O) groups excluding carboxylic acids is 2. The predicted molar refractivity (Wildman–Crippen MR) is 83.5 cm³/mol. The summed E-state index contributed by atoms with van der Waals surface area (Å²) in [5, 5.41) is 12.9. The van der Waals surface area contributed by atoms with Gasteiger partial charge in [-0.25, -0.2) is 4.68 Å². The first-order chi connectivity index (χ1) is 11.7. The minimum atomic E-state index is -2.79. The minimum Gasteiger partial charge on any atom is -0.336 e. The number of aromatic nitrogens is 2. The molecule has 1 aliphatic heterocycles. The molecule has 1 aliphatic carbocycles. The first-order valence-electron chi connectivity index (χ1n) is 7.98. The number of alkyl halides is 2. The highest BCUT2D eigenvalue weighted by Gasteiger charge is 2.49. The lowest BCUT2D eigenvalue weighted by atomic mass is 9.64. The molecule has 1 atom stereocenters. The maximum absolute atomic E-state index is 12.6. The number of carbonyl (C=O) groups is 2. The van der Waals surface area contributed by atoms with Crippen LogP contribution in [0.15, 0.2) is 23.9 Å². The number of Topliss-reactive ketones (excluding diaryl/α,β-unsaturated/α-hetero) is 1. The lowest BCUT2D eigenvalue weighted by Crippen LogP contribution is -2.40. The van der Waals surface area contributed by atoms with Crippen molar-refractivity contribution in [3.8, 4) is 6.07 Å². The standard InChI is InChI=1S/C17H18F2N4O2/c1-16(2)9-17(7-11(8-20)13(16)24)4-6-22(10-17)14(25)12-3-5-23(21-12)15(18)19/h3,5,7,15H,4,6,9-10H2,1-2H3/t17-/m1/s1. The summed E-state index contributed by atoms with van der Waals surface area (Å²) in [6, 6.07) is 3.23. The topological polar surface area (TPSA) is 79.0 Å². The van der Waals surface area contributed by atoms with Crippen LogP contribution in [0.4, 0.5) is 8.78 Å². The SMILES string of the molecule is CC1(C)C[C@]2(C=C(C#N)C1=O)CCN(C(=O)c1ccn(C(F)F)n1)C2. The van der Waals surface area contributed by atoms with Gasteiger partial charge < -0.3 is 4.90 Å². The molecule has 1 saturated heterocycles. The van der Waals surface area contributed by atoms with Gasteiger partial charge in [-0.3, -0.25) is 9.59 Å². The molecule has 6 nitrogen and oxygen atoms in total. The van der Waals surface area contributed by atoms with E-state index in [1.165, 1.54) is 6.07 Å². The van der Waals surface area contributed by atoms with Crippen LogP contribution < -0.4 is 0 Å². The summed E-state index contributed by atoms with van der Waals surface area (Å²) >= 11 is 0. The molecule has 8 heteroatoms. The van der Waals surface area contributed by atoms with Gasteiger partial charge in [0.25, 0.3) is 5.91 Å². The Hall–Kier alpha value is -2.56. The van der Waals surface area contributed by atoms with Crippen molar-refractivity contribution >= 4 is 11.7 Å². The highest BCUT2D eigenvalue weighted by atomic mass is 19.3. The zero-order chi connectivity index (χ0) is 18.4. The number of allylic oxidation sites excluding steroid dienone is 1. The number of nitriles is 1. The van der Waals surface area contributed by atoms with Crippen LogP contribution >= 0.6 is 0 Å². The van der Waals surface area contributed by atoms with Crippen molar-refractivity contribution in [3.05, 3.63) is 29.6 Å². The monoisotopic (exact) mass is 348 g/mol. The van der Waals surface area contributed by atoms with Gasteiger partial charge in [-0.05, 0) is 18.9 Å². The van der Waals surface area contributed by atoms with Crippen molar-refractivity contribution in [2.24, 2.45) is 10.8 Å². The average Bonchev–Trinajstić information content (AvgIpc) is 3.18. The van der Waals surface area contributed by atoms with E-state index in [0.29, 0.717) is 30.6 Å². The Morgan fingerprint density at radius 2 is 2.16 bits per heavy atom. The second-order valence-corrected chi connectivity index (χ2v) is 7.36. The zero-order valence-corrected chi connectivity index (χ0v) is 14.0. The van der Waals surface area contributed by atoms with E-state index >= 15 is 0 Å². The number of ketones is 1. The molecule has 1 amide bonds. The van der Waals surface area contributed by atoms with Gasteiger partial charge in [-0.15, -0.1) is 0 Å². The lowest BCUT2D eigenvalue weighted by Gasteiger charge is -2.38. The van der Waals surface area contributed by atoms with Gasteiger partial charge in [0.1, 0.15) is 6.07 Å². The summed E-state index contributed by atoms with van der Waals surface area (Å²) in [6.45, 7) is 1.58. The number of nitrogens with zero attached hydrogens (tertiary/aromatic N) is 4. The van der Waals surface area contributed by atoms with Gasteiger partial charge >= 0.3 is 6.55 Å². The van der Waals surface area contributed by atoms with E-state index in [4.69, 9.17) is 0 Å². The molecule has 1 fully saturated rings. The van der Waals surface area contributed by atoms with E-state index in [9.17, 15) is 23.6 Å². The van der Waals surface area contributed by atoms with Crippen LogP contribution in [0.2, 0.25) is 0 Å². The Morgan fingerprint density at radius 3 is 2.76 bits per heavy atom. The predicted octanol–water partition coefficient (Wildman–Crippen LogP) is 2.56. The van der Waals surface area contributed by atoms with Crippen molar-refractivity contribution in [3.63, 3.8) is 0 Å². The van der Waals surface area contributed by atoms with E-state index in [2.05, 4.69) is 5.10 Å². The van der Waals surface area contributed by atoms with Crippen molar-refractivity contribution in [1.82, 2.24) is 14.7 Å². The third kappa shape index (κ3) is 2.95. The van der Waals surface area contributed by atoms with E-state index in [0.717, 1.165) is 6.20 Å². The van der Waals surface area contributed by atoms with E-state index in [1.54, 1.807) is 24.8 Å². The van der Waals surface area contributed by atoms with Crippen LogP contribution in [0, 0.1) is 22.2 Å². The van der Waals surface area contributed by atoms with Crippen molar-refractivity contribution in [1.29, 1.82) is 5.26 Å². The molecule has 132 valence electrons. The second kappa shape index (κ2) is 5.76. The fourth-order valence-electron chi connectivity index (χ4n) is 3.88. The van der Waals surface area contributed by atoms with Gasteiger partial charge in [0, 0.05) is 30.1 Å². The maximum Gasteiger partial charge on any atom is 0.333 e. The fraction of sp³-hybridized carbons (Fsp3) is 0.529. The normalized spacial score (nSPS) is 25.4. The van der Waals surface area contributed by atoms with E-state index in [-0.39, 0.29) is 17.1 Å². The third-order valence-corrected chi connectivity index (χ3v) is 4.92. The molecule has 3 rings (SSSR count). The summed E-state index contributed by atoms with van der Waals surface area (Å²) in [7, 11) is 0. The van der Waals surface area contributed by atoms with Gasteiger partial charge in [-0.1, -0.05) is 19.9 Å². The van der Waals surface area contributed by atoms with Crippen LogP contribution in [0.5, 0.6) is 0 Å². The van der Waals surface area contributed by atoms with Gasteiger partial charge in [0.15, 0.2) is 11.5 Å². The highest BCUT2D eigenvalue weighted by molar-refractivity contribution is 6.03. The van der Waals surface area contributed by atoms with Crippen molar-refractivity contribution < 1.29 is 18.4 Å². The first kappa shape index (κ1) is 17.3. The summed E-state index contributed by atoms with van der Waals surface area (Å²) in [4.78, 5) is 26.4. The number of rotatable bonds is 2. The molecule has 1 aromatic rings. The average molecular weight is 348 g/mol. The van der Waals surface area contributed by atoms with Crippen LogP contribution in [-0.2, 0) is 4.79 Å². The Bertz CT molecular complexity index is 806. The molecular weight excluding hydrogens is 330 g/mol. The lowest BCUT2D eigenvalue weighted by molar-refractivity contribution is -0.125. The number of hydrogen-bond acceptors (Lipinski definition) is 4. The molecule has 2 aliphatic rings. The Kier molecular flexibility index (Phi) is 3.98. The molecule has 0 saturated carbocycles. The number of halogens is 2. The van der Waals surface area contributed by atoms with Crippen molar-refractivity contribution in [2.45, 2.75) is 33.2 Å². The van der Waals surface area contributed by atoms with Crippen LogP contribution in [0.3, 0.4) is 0 Å². The molecule has 0 unspecified atom stereocenters. The first-order valence-corrected chi connectivity index (χ1v) is 7.98. The largest absolute Gasteiger partial charge is 0.336 e. The molecule has 1 aromatic heterocycles. The molecule has 0 radical (unpaired) electrons. The molecule has 25 heavy (non-hydrogen) atoms. The molecule has 0 aromatic carbocycles. The Labute approximate surface area is 143 Å². The van der Waals surface area contributed by atoms with Crippen molar-refractivity contribution in [2.75, 3.05) is 13.1 Å². The van der Waals surface area contributed by atoms with Crippen LogP contribution in [-0.4, -0.2) is 39.5 Å². The van der Waals surface area contributed by atoms with E-state index in [1.807, 2.05) is 6.07 Å². The van der Waals surface area contributed by atoms with Crippen LogP contribution in [0.1, 0.15) is 43.7 Å². The van der Waals surface area contributed by atoms with Crippen LogP contribution in [0.25, 0.3) is 0 Å². The maximum atomic E-state index is 12.6. The minimum absolute atomic E-state index is 0.0343. The molecule has 0 bridgehead atoms. The zero-order valence-electron chi connectivity index (χ0n) is 14.0. The third-order valence-electron chi connectivity index (χ3n) is 4.92. The van der Waals surface area contributed by atoms with Gasteiger partial charge in [0.05, 0.1) is 5.57 Å². The summed E-state index contributed by atoms with van der Waals surface area (Å²) in [5.41, 5.74) is -1.01. The quantitative estimate of drug-likeness (QED) is 0.823. The fourth-order valence-corrected chi connectivity index (χ4v) is 3.88.